The smallest absolute Gasteiger partial charge is 0.0992 e. The van der Waals surface area contributed by atoms with Gasteiger partial charge in [-0.2, -0.15) is 5.26 Å². The lowest BCUT2D eigenvalue weighted by Gasteiger charge is -2.37. The van der Waals surface area contributed by atoms with E-state index in [0.29, 0.717) is 17.6 Å². The molecule has 0 radical (unpaired) electrons. The highest BCUT2D eigenvalue weighted by Gasteiger charge is 2.21. The first kappa shape index (κ1) is 12.4. The van der Waals surface area contributed by atoms with Crippen molar-refractivity contribution in [2.45, 2.75) is 25.9 Å². The lowest BCUT2D eigenvalue weighted by Crippen LogP contribution is -2.54. The molecule has 2 atom stereocenters. The normalized spacial score (nSPS) is 24.5. The Bertz CT molecular complexity index is 442. The van der Waals surface area contributed by atoms with Crippen molar-refractivity contribution in [1.82, 2.24) is 5.32 Å². The first-order chi connectivity index (χ1) is 8.08. The van der Waals surface area contributed by atoms with Crippen molar-refractivity contribution < 1.29 is 0 Å². The van der Waals surface area contributed by atoms with Gasteiger partial charge in [0.05, 0.1) is 11.6 Å². The van der Waals surface area contributed by atoms with E-state index in [1.165, 1.54) is 0 Å². The summed E-state index contributed by atoms with van der Waals surface area (Å²) in [6.07, 6.45) is 0. The topological polar surface area (TPSA) is 39.1 Å². The van der Waals surface area contributed by atoms with E-state index in [-0.39, 0.29) is 0 Å². The fraction of sp³-hybridized carbons (Fsp3) is 0.462. The highest BCUT2D eigenvalue weighted by Crippen LogP contribution is 2.24. The van der Waals surface area contributed by atoms with Crippen LogP contribution in [0, 0.1) is 11.3 Å². The fourth-order valence-electron chi connectivity index (χ4n) is 2.36. The molecule has 90 valence electrons. The van der Waals surface area contributed by atoms with Crippen LogP contribution in [0.15, 0.2) is 22.7 Å². The maximum atomic E-state index is 8.99. The van der Waals surface area contributed by atoms with Crippen molar-refractivity contribution >= 4 is 21.6 Å². The number of benzene rings is 1. The summed E-state index contributed by atoms with van der Waals surface area (Å²) in [5.74, 6) is 0. The summed E-state index contributed by atoms with van der Waals surface area (Å²) in [5, 5.41) is 12.5. The molecule has 0 saturated carbocycles. The number of hydrogen-bond donors (Lipinski definition) is 1. The second-order valence-electron chi connectivity index (χ2n) is 4.68. The van der Waals surface area contributed by atoms with Gasteiger partial charge < -0.3 is 10.2 Å². The summed E-state index contributed by atoms with van der Waals surface area (Å²) in [6.45, 7) is 6.33. The Morgan fingerprint density at radius 3 is 2.53 bits per heavy atom. The van der Waals surface area contributed by atoms with E-state index in [1.807, 2.05) is 12.1 Å². The molecular formula is C13H16BrN3. The summed E-state index contributed by atoms with van der Waals surface area (Å²) in [4.78, 5) is 2.33. The highest BCUT2D eigenvalue weighted by atomic mass is 79.9. The molecule has 1 aliphatic heterocycles. The van der Waals surface area contributed by atoms with Gasteiger partial charge in [0.15, 0.2) is 0 Å². The van der Waals surface area contributed by atoms with E-state index in [1.54, 1.807) is 0 Å². The molecule has 1 saturated heterocycles. The number of nitrogens with one attached hydrogen (secondary N) is 1. The minimum atomic E-state index is 0.475. The summed E-state index contributed by atoms with van der Waals surface area (Å²) in [6, 6.07) is 9.02. The van der Waals surface area contributed by atoms with Crippen molar-refractivity contribution in [1.29, 1.82) is 5.26 Å². The predicted molar refractivity (Wildman–Crippen MR) is 73.1 cm³/mol. The maximum absolute atomic E-state index is 8.99. The van der Waals surface area contributed by atoms with E-state index in [9.17, 15) is 0 Å². The Hall–Kier alpha value is -1.05. The standard InChI is InChI=1S/C13H16BrN3/c1-9-7-17(8-10(2)16-9)13-4-11(6-15)3-12(14)5-13/h3-5,9-10,16H,7-8H2,1-2H3. The summed E-state index contributed by atoms with van der Waals surface area (Å²) >= 11 is 3.46. The summed E-state index contributed by atoms with van der Waals surface area (Å²) < 4.78 is 0.963. The molecule has 1 aromatic carbocycles. The lowest BCUT2D eigenvalue weighted by molar-refractivity contribution is 0.407. The Labute approximate surface area is 111 Å². The van der Waals surface area contributed by atoms with Crippen LogP contribution in [0.5, 0.6) is 0 Å². The Morgan fingerprint density at radius 1 is 1.29 bits per heavy atom. The van der Waals surface area contributed by atoms with Gasteiger partial charge in [-0.15, -0.1) is 0 Å². The van der Waals surface area contributed by atoms with Crippen LogP contribution in [0.1, 0.15) is 19.4 Å². The number of nitriles is 1. The van der Waals surface area contributed by atoms with Crippen LogP contribution in [0.3, 0.4) is 0 Å². The van der Waals surface area contributed by atoms with Gasteiger partial charge in [0.1, 0.15) is 0 Å². The van der Waals surface area contributed by atoms with Crippen LogP contribution in [0.25, 0.3) is 0 Å². The third-order valence-corrected chi connectivity index (χ3v) is 3.39. The van der Waals surface area contributed by atoms with Gasteiger partial charge in [0.2, 0.25) is 0 Å². The van der Waals surface area contributed by atoms with E-state index in [2.05, 4.69) is 52.1 Å². The summed E-state index contributed by atoms with van der Waals surface area (Å²) in [7, 11) is 0. The van der Waals surface area contributed by atoms with Gasteiger partial charge >= 0.3 is 0 Å². The van der Waals surface area contributed by atoms with E-state index < -0.39 is 0 Å². The molecule has 1 aliphatic rings. The van der Waals surface area contributed by atoms with E-state index >= 15 is 0 Å². The lowest BCUT2D eigenvalue weighted by atomic mass is 10.1. The minimum absolute atomic E-state index is 0.475. The first-order valence-corrected chi connectivity index (χ1v) is 6.59. The molecule has 0 amide bonds. The second kappa shape index (κ2) is 5.07. The number of piperazine rings is 1. The third kappa shape index (κ3) is 2.99. The van der Waals surface area contributed by atoms with Gasteiger partial charge in [-0.3, -0.25) is 0 Å². The molecule has 3 nitrogen and oxygen atoms in total. The Balaban J connectivity index is 2.27. The Morgan fingerprint density at radius 2 is 1.94 bits per heavy atom. The second-order valence-corrected chi connectivity index (χ2v) is 5.60. The molecule has 0 aliphatic carbocycles. The molecule has 1 aromatic rings. The molecule has 2 rings (SSSR count). The van der Waals surface area contributed by atoms with E-state index in [4.69, 9.17) is 5.26 Å². The van der Waals surface area contributed by atoms with Gasteiger partial charge in [0.25, 0.3) is 0 Å². The van der Waals surface area contributed by atoms with Crippen LogP contribution in [0.4, 0.5) is 5.69 Å². The van der Waals surface area contributed by atoms with Crippen LogP contribution in [-0.2, 0) is 0 Å². The van der Waals surface area contributed by atoms with Crippen LogP contribution in [0.2, 0.25) is 0 Å². The quantitative estimate of drug-likeness (QED) is 0.865. The minimum Gasteiger partial charge on any atom is -0.368 e. The Kier molecular flexibility index (Phi) is 3.70. The molecule has 0 aromatic heterocycles. The molecule has 17 heavy (non-hydrogen) atoms. The average Bonchev–Trinajstić information content (AvgIpc) is 2.26. The summed E-state index contributed by atoms with van der Waals surface area (Å²) in [5.41, 5.74) is 1.82. The monoisotopic (exact) mass is 293 g/mol. The highest BCUT2D eigenvalue weighted by molar-refractivity contribution is 9.10. The van der Waals surface area contributed by atoms with Crippen molar-refractivity contribution in [3.8, 4) is 6.07 Å². The van der Waals surface area contributed by atoms with Crippen molar-refractivity contribution in [2.24, 2.45) is 0 Å². The zero-order valence-corrected chi connectivity index (χ0v) is 11.7. The van der Waals surface area contributed by atoms with Crippen molar-refractivity contribution in [3.05, 3.63) is 28.2 Å². The van der Waals surface area contributed by atoms with Gasteiger partial charge in [-0.05, 0) is 32.0 Å². The predicted octanol–water partition coefficient (Wildman–Crippen LogP) is 2.51. The molecule has 1 fully saturated rings. The van der Waals surface area contributed by atoms with Gasteiger partial charge in [0, 0.05) is 35.3 Å². The van der Waals surface area contributed by atoms with Crippen molar-refractivity contribution in [3.63, 3.8) is 0 Å². The van der Waals surface area contributed by atoms with E-state index in [0.717, 1.165) is 23.2 Å². The number of hydrogen-bond acceptors (Lipinski definition) is 3. The number of halogens is 1. The molecule has 0 spiro atoms. The molecule has 1 heterocycles. The van der Waals surface area contributed by atoms with Gasteiger partial charge in [-0.25, -0.2) is 0 Å². The molecule has 2 unspecified atom stereocenters. The SMILES string of the molecule is CC1CN(c2cc(Br)cc(C#N)c2)CC(C)N1. The molecule has 1 N–H and O–H groups in total. The number of nitrogens with zero attached hydrogens (tertiary/aromatic N) is 2. The zero-order chi connectivity index (χ0) is 12.4. The van der Waals surface area contributed by atoms with Crippen LogP contribution >= 0.6 is 15.9 Å². The average molecular weight is 294 g/mol. The largest absolute Gasteiger partial charge is 0.368 e. The zero-order valence-electron chi connectivity index (χ0n) is 10.1. The van der Waals surface area contributed by atoms with Crippen LogP contribution in [-0.4, -0.2) is 25.2 Å². The molecule has 4 heteroatoms. The molecule has 0 bridgehead atoms. The number of rotatable bonds is 1. The van der Waals surface area contributed by atoms with Crippen molar-refractivity contribution in [2.75, 3.05) is 18.0 Å². The third-order valence-electron chi connectivity index (χ3n) is 2.93. The fourth-order valence-corrected chi connectivity index (χ4v) is 2.84. The first-order valence-electron chi connectivity index (χ1n) is 5.80. The number of anilines is 1. The molecular weight excluding hydrogens is 278 g/mol. The maximum Gasteiger partial charge on any atom is 0.0992 e. The van der Waals surface area contributed by atoms with Gasteiger partial charge in [-0.1, -0.05) is 15.9 Å². The van der Waals surface area contributed by atoms with Crippen LogP contribution < -0.4 is 10.2 Å².